The van der Waals surface area contributed by atoms with E-state index in [4.69, 9.17) is 4.74 Å². The second-order valence-corrected chi connectivity index (χ2v) is 4.80. The molecule has 1 aromatic rings. The number of esters is 1. The molecule has 0 heterocycles. The number of benzene rings is 1. The summed E-state index contributed by atoms with van der Waals surface area (Å²) in [7, 11) is 1.56. The quantitative estimate of drug-likeness (QED) is 0.617. The van der Waals surface area contributed by atoms with Gasteiger partial charge in [0.2, 0.25) is 5.91 Å². The van der Waals surface area contributed by atoms with E-state index in [-0.39, 0.29) is 12.5 Å². The van der Waals surface area contributed by atoms with E-state index in [2.05, 4.69) is 15.9 Å². The van der Waals surface area contributed by atoms with Crippen LogP contribution in [0, 0.1) is 0 Å². The molecule has 0 radical (unpaired) electrons. The molecule has 19 heavy (non-hydrogen) atoms. The SMILES string of the molecule is CCOC(=O)CN(C)C(=O)C=Cc1ccc(Br)cc1. The van der Waals surface area contributed by atoms with Crippen molar-refractivity contribution >= 4 is 33.9 Å². The molecule has 102 valence electrons. The Labute approximate surface area is 121 Å². The Morgan fingerprint density at radius 1 is 1.32 bits per heavy atom. The zero-order valence-corrected chi connectivity index (χ0v) is 12.5. The van der Waals surface area contributed by atoms with Crippen molar-refractivity contribution in [1.82, 2.24) is 4.90 Å². The predicted molar refractivity (Wildman–Crippen MR) is 77.4 cm³/mol. The summed E-state index contributed by atoms with van der Waals surface area (Å²) in [6, 6.07) is 7.57. The average molecular weight is 326 g/mol. The maximum absolute atomic E-state index is 11.7. The maximum atomic E-state index is 11.7. The van der Waals surface area contributed by atoms with Crippen LogP contribution in [0.4, 0.5) is 0 Å². The number of carbonyl (C=O) groups is 2. The Hall–Kier alpha value is -1.62. The van der Waals surface area contributed by atoms with Gasteiger partial charge in [-0.15, -0.1) is 0 Å². The molecule has 1 amide bonds. The number of hydrogen-bond donors (Lipinski definition) is 0. The van der Waals surface area contributed by atoms with Crippen molar-refractivity contribution in [2.45, 2.75) is 6.92 Å². The summed E-state index contributed by atoms with van der Waals surface area (Å²) in [5.41, 5.74) is 0.918. The fourth-order valence-corrected chi connectivity index (χ4v) is 1.61. The van der Waals surface area contributed by atoms with Crippen LogP contribution in [-0.4, -0.2) is 37.0 Å². The molecule has 0 unspecified atom stereocenters. The molecule has 0 bridgehead atoms. The van der Waals surface area contributed by atoms with Gasteiger partial charge in [0.25, 0.3) is 0 Å². The number of halogens is 1. The minimum Gasteiger partial charge on any atom is -0.465 e. The van der Waals surface area contributed by atoms with Crippen LogP contribution in [0.2, 0.25) is 0 Å². The van der Waals surface area contributed by atoms with Gasteiger partial charge < -0.3 is 9.64 Å². The van der Waals surface area contributed by atoms with Gasteiger partial charge in [0.1, 0.15) is 6.54 Å². The monoisotopic (exact) mass is 325 g/mol. The lowest BCUT2D eigenvalue weighted by Crippen LogP contribution is -2.31. The molecule has 0 N–H and O–H groups in total. The van der Waals surface area contributed by atoms with Crippen molar-refractivity contribution in [3.63, 3.8) is 0 Å². The highest BCUT2D eigenvalue weighted by atomic mass is 79.9. The minimum atomic E-state index is -0.407. The second kappa shape index (κ2) is 7.74. The Kier molecular flexibility index (Phi) is 6.29. The van der Waals surface area contributed by atoms with Crippen LogP contribution in [-0.2, 0) is 14.3 Å². The summed E-state index contributed by atoms with van der Waals surface area (Å²) in [4.78, 5) is 24.3. The molecule has 0 aromatic heterocycles. The molecule has 1 rings (SSSR count). The summed E-state index contributed by atoms with van der Waals surface area (Å²) in [5, 5.41) is 0. The minimum absolute atomic E-state index is 0.0443. The second-order valence-electron chi connectivity index (χ2n) is 3.88. The number of ether oxygens (including phenoxy) is 1. The van der Waals surface area contributed by atoms with Crippen LogP contribution in [0.1, 0.15) is 12.5 Å². The van der Waals surface area contributed by atoms with E-state index < -0.39 is 5.97 Å². The smallest absolute Gasteiger partial charge is 0.325 e. The van der Waals surface area contributed by atoms with E-state index in [1.165, 1.54) is 11.0 Å². The van der Waals surface area contributed by atoms with E-state index in [1.54, 1.807) is 20.0 Å². The van der Waals surface area contributed by atoms with Gasteiger partial charge in [-0.2, -0.15) is 0 Å². The van der Waals surface area contributed by atoms with Crippen molar-refractivity contribution in [1.29, 1.82) is 0 Å². The van der Waals surface area contributed by atoms with Crippen molar-refractivity contribution in [2.75, 3.05) is 20.2 Å². The molecular formula is C14H16BrNO3. The average Bonchev–Trinajstić information content (AvgIpc) is 2.37. The van der Waals surface area contributed by atoms with E-state index >= 15 is 0 Å². The van der Waals surface area contributed by atoms with Gasteiger partial charge in [-0.3, -0.25) is 9.59 Å². The van der Waals surface area contributed by atoms with Gasteiger partial charge in [0.15, 0.2) is 0 Å². The summed E-state index contributed by atoms with van der Waals surface area (Å²) in [5.74, 6) is -0.647. The first-order chi connectivity index (χ1) is 9.02. The number of rotatable bonds is 5. The molecule has 4 nitrogen and oxygen atoms in total. The highest BCUT2D eigenvalue weighted by molar-refractivity contribution is 9.10. The van der Waals surface area contributed by atoms with Gasteiger partial charge in [0, 0.05) is 17.6 Å². The van der Waals surface area contributed by atoms with Gasteiger partial charge in [0.05, 0.1) is 6.61 Å². The predicted octanol–water partition coefficient (Wildman–Crippen LogP) is 2.48. The van der Waals surface area contributed by atoms with Crippen LogP contribution in [0.5, 0.6) is 0 Å². The summed E-state index contributed by atoms with van der Waals surface area (Å²) >= 11 is 3.34. The fourth-order valence-electron chi connectivity index (χ4n) is 1.35. The number of amides is 1. The number of hydrogen-bond acceptors (Lipinski definition) is 3. The lowest BCUT2D eigenvalue weighted by molar-refractivity contribution is -0.146. The van der Waals surface area contributed by atoms with Crippen molar-refractivity contribution in [2.24, 2.45) is 0 Å². The normalized spacial score (nSPS) is 10.5. The molecule has 0 spiro atoms. The van der Waals surface area contributed by atoms with Crippen molar-refractivity contribution < 1.29 is 14.3 Å². The molecule has 0 aliphatic heterocycles. The standard InChI is InChI=1S/C14H16BrNO3/c1-3-19-14(18)10-16(2)13(17)9-6-11-4-7-12(15)8-5-11/h4-9H,3,10H2,1-2H3. The van der Waals surface area contributed by atoms with Crippen LogP contribution in [0.25, 0.3) is 6.08 Å². The van der Waals surface area contributed by atoms with Gasteiger partial charge in [-0.05, 0) is 30.7 Å². The van der Waals surface area contributed by atoms with Crippen LogP contribution in [0.3, 0.4) is 0 Å². The number of nitrogens with zero attached hydrogens (tertiary/aromatic N) is 1. The van der Waals surface area contributed by atoms with Crippen LogP contribution >= 0.6 is 15.9 Å². The zero-order valence-electron chi connectivity index (χ0n) is 10.9. The van der Waals surface area contributed by atoms with E-state index in [1.807, 2.05) is 24.3 Å². The third-order valence-corrected chi connectivity index (χ3v) is 2.86. The van der Waals surface area contributed by atoms with Gasteiger partial charge in [-0.25, -0.2) is 0 Å². The summed E-state index contributed by atoms with van der Waals surface area (Å²) in [6.07, 6.45) is 3.14. The molecule has 0 saturated carbocycles. The highest BCUT2D eigenvalue weighted by Crippen LogP contribution is 2.11. The molecule has 5 heteroatoms. The van der Waals surface area contributed by atoms with Gasteiger partial charge in [-0.1, -0.05) is 28.1 Å². The molecule has 0 saturated heterocycles. The Balaban J connectivity index is 2.54. The first-order valence-electron chi connectivity index (χ1n) is 5.87. The molecule has 1 aromatic carbocycles. The molecule has 0 fully saturated rings. The summed E-state index contributed by atoms with van der Waals surface area (Å²) < 4.78 is 5.76. The van der Waals surface area contributed by atoms with E-state index in [9.17, 15) is 9.59 Å². The lowest BCUT2D eigenvalue weighted by atomic mass is 10.2. The summed E-state index contributed by atoms with van der Waals surface area (Å²) in [6.45, 7) is 2.00. The Morgan fingerprint density at radius 3 is 2.53 bits per heavy atom. The Bertz CT molecular complexity index is 468. The molecule has 0 atom stereocenters. The third kappa shape index (κ3) is 5.70. The topological polar surface area (TPSA) is 46.6 Å². The largest absolute Gasteiger partial charge is 0.465 e. The highest BCUT2D eigenvalue weighted by Gasteiger charge is 2.10. The number of carbonyl (C=O) groups excluding carboxylic acids is 2. The first kappa shape index (κ1) is 15.4. The number of likely N-dealkylation sites (N-methyl/N-ethyl adjacent to an activating group) is 1. The zero-order chi connectivity index (χ0) is 14.3. The van der Waals surface area contributed by atoms with Crippen LogP contribution < -0.4 is 0 Å². The van der Waals surface area contributed by atoms with Crippen LogP contribution in [0.15, 0.2) is 34.8 Å². The maximum Gasteiger partial charge on any atom is 0.325 e. The Morgan fingerprint density at radius 2 is 1.95 bits per heavy atom. The third-order valence-electron chi connectivity index (χ3n) is 2.34. The van der Waals surface area contributed by atoms with E-state index in [0.717, 1.165) is 10.0 Å². The molecular weight excluding hydrogens is 310 g/mol. The first-order valence-corrected chi connectivity index (χ1v) is 6.66. The fraction of sp³-hybridized carbons (Fsp3) is 0.286. The molecule has 0 aliphatic carbocycles. The lowest BCUT2D eigenvalue weighted by Gasteiger charge is -2.13. The van der Waals surface area contributed by atoms with E-state index in [0.29, 0.717) is 6.61 Å². The molecule has 0 aliphatic rings. The van der Waals surface area contributed by atoms with Crippen molar-refractivity contribution in [3.05, 3.63) is 40.4 Å². The van der Waals surface area contributed by atoms with Crippen molar-refractivity contribution in [3.8, 4) is 0 Å². The van der Waals surface area contributed by atoms with Gasteiger partial charge >= 0.3 is 5.97 Å².